The molecule has 122 valence electrons. The van der Waals surface area contributed by atoms with Crippen molar-refractivity contribution in [2.75, 3.05) is 7.05 Å². The Balaban J connectivity index is 1.72. The number of aryl methyl sites for hydroxylation is 2. The molecule has 1 heterocycles. The molecule has 4 heteroatoms. The van der Waals surface area contributed by atoms with Gasteiger partial charge in [-0.15, -0.1) is 0 Å². The first-order valence-corrected chi connectivity index (χ1v) is 7.96. The number of benzene rings is 2. The van der Waals surface area contributed by atoms with Crippen LogP contribution in [0.25, 0.3) is 5.69 Å². The Kier molecular flexibility index (Phi) is 4.47. The van der Waals surface area contributed by atoms with Crippen molar-refractivity contribution < 1.29 is 4.79 Å². The van der Waals surface area contributed by atoms with Crippen molar-refractivity contribution in [3.05, 3.63) is 83.2 Å². The third-order valence-corrected chi connectivity index (χ3v) is 4.18. The summed E-state index contributed by atoms with van der Waals surface area (Å²) in [6.07, 6.45) is 3.76. The number of hydrogen-bond donors (Lipinski definition) is 0. The lowest BCUT2D eigenvalue weighted by Gasteiger charge is -2.17. The van der Waals surface area contributed by atoms with Gasteiger partial charge in [-0.3, -0.25) is 4.79 Å². The van der Waals surface area contributed by atoms with Gasteiger partial charge < -0.3 is 4.90 Å². The summed E-state index contributed by atoms with van der Waals surface area (Å²) >= 11 is 0. The molecule has 3 rings (SSSR count). The maximum atomic E-state index is 12.6. The number of aromatic nitrogens is 2. The molecule has 0 saturated carbocycles. The zero-order valence-corrected chi connectivity index (χ0v) is 14.2. The van der Waals surface area contributed by atoms with E-state index in [1.165, 1.54) is 5.56 Å². The average Bonchev–Trinajstić information content (AvgIpc) is 3.06. The lowest BCUT2D eigenvalue weighted by molar-refractivity contribution is 0.0785. The van der Waals surface area contributed by atoms with Crippen LogP contribution in [0, 0.1) is 13.8 Å². The van der Waals surface area contributed by atoms with Gasteiger partial charge in [-0.2, -0.15) is 5.10 Å². The second-order valence-electron chi connectivity index (χ2n) is 6.09. The number of carbonyl (C=O) groups excluding carboxylic acids is 1. The molecule has 0 radical (unpaired) electrons. The Bertz CT molecular complexity index is 852. The smallest absolute Gasteiger partial charge is 0.253 e. The van der Waals surface area contributed by atoms with Crippen molar-refractivity contribution >= 4 is 5.91 Å². The van der Waals surface area contributed by atoms with E-state index in [-0.39, 0.29) is 5.91 Å². The first kappa shape index (κ1) is 16.0. The van der Waals surface area contributed by atoms with Crippen LogP contribution >= 0.6 is 0 Å². The number of amides is 1. The van der Waals surface area contributed by atoms with Gasteiger partial charge in [-0.1, -0.05) is 24.3 Å². The highest BCUT2D eigenvalue weighted by Gasteiger charge is 2.13. The minimum atomic E-state index is 0.0190. The number of carbonyl (C=O) groups is 1. The summed E-state index contributed by atoms with van der Waals surface area (Å²) in [5.41, 5.74) is 5.05. The molecule has 0 bridgehead atoms. The third kappa shape index (κ3) is 3.38. The zero-order chi connectivity index (χ0) is 17.1. The van der Waals surface area contributed by atoms with Crippen LogP contribution in [0.4, 0.5) is 0 Å². The topological polar surface area (TPSA) is 38.1 Å². The molecule has 4 nitrogen and oxygen atoms in total. The fourth-order valence-electron chi connectivity index (χ4n) is 2.60. The summed E-state index contributed by atoms with van der Waals surface area (Å²) in [4.78, 5) is 14.3. The normalized spacial score (nSPS) is 10.6. The highest BCUT2D eigenvalue weighted by molar-refractivity contribution is 5.94. The standard InChI is InChI=1S/C20H21N3O/c1-15-9-10-18(11-16(15)2)20(24)22(3)13-17-12-21-23(14-17)19-7-5-4-6-8-19/h4-12,14H,13H2,1-3H3. The van der Waals surface area contributed by atoms with Gasteiger partial charge in [0.15, 0.2) is 0 Å². The Morgan fingerprint density at radius 2 is 1.83 bits per heavy atom. The molecular weight excluding hydrogens is 298 g/mol. The average molecular weight is 319 g/mol. The summed E-state index contributed by atoms with van der Waals surface area (Å²) in [5, 5.41) is 4.38. The van der Waals surface area contributed by atoms with E-state index in [4.69, 9.17) is 0 Å². The van der Waals surface area contributed by atoms with Crippen molar-refractivity contribution in [1.82, 2.24) is 14.7 Å². The molecule has 1 amide bonds. The predicted molar refractivity (Wildman–Crippen MR) is 95.3 cm³/mol. The molecule has 2 aromatic carbocycles. The van der Waals surface area contributed by atoms with Crippen LogP contribution in [-0.2, 0) is 6.54 Å². The van der Waals surface area contributed by atoms with Gasteiger partial charge in [0.1, 0.15) is 0 Å². The molecular formula is C20H21N3O. The van der Waals surface area contributed by atoms with Gasteiger partial charge in [-0.25, -0.2) is 4.68 Å². The number of hydrogen-bond acceptors (Lipinski definition) is 2. The Labute approximate surface area is 142 Å². The van der Waals surface area contributed by atoms with Crippen molar-refractivity contribution in [3.63, 3.8) is 0 Å². The van der Waals surface area contributed by atoms with Crippen LogP contribution in [-0.4, -0.2) is 27.6 Å². The van der Waals surface area contributed by atoms with Crippen LogP contribution in [0.3, 0.4) is 0 Å². The lowest BCUT2D eigenvalue weighted by atomic mass is 10.1. The quantitative estimate of drug-likeness (QED) is 0.734. The van der Waals surface area contributed by atoms with E-state index in [1.807, 2.05) is 80.3 Å². The van der Waals surface area contributed by atoms with Crippen LogP contribution in [0.1, 0.15) is 27.0 Å². The highest BCUT2D eigenvalue weighted by atomic mass is 16.2. The van der Waals surface area contributed by atoms with E-state index in [0.717, 1.165) is 22.4 Å². The van der Waals surface area contributed by atoms with Crippen molar-refractivity contribution in [2.24, 2.45) is 0 Å². The summed E-state index contributed by atoms with van der Waals surface area (Å²) in [6, 6.07) is 15.8. The number of nitrogens with zero attached hydrogens (tertiary/aromatic N) is 3. The van der Waals surface area contributed by atoms with E-state index in [1.54, 1.807) is 11.1 Å². The van der Waals surface area contributed by atoms with Gasteiger partial charge in [0.2, 0.25) is 0 Å². The fourth-order valence-corrected chi connectivity index (χ4v) is 2.60. The number of para-hydroxylation sites is 1. The number of rotatable bonds is 4. The largest absolute Gasteiger partial charge is 0.337 e. The highest BCUT2D eigenvalue weighted by Crippen LogP contribution is 2.14. The van der Waals surface area contributed by atoms with Gasteiger partial charge in [0.05, 0.1) is 11.9 Å². The van der Waals surface area contributed by atoms with Crippen LogP contribution < -0.4 is 0 Å². The van der Waals surface area contributed by atoms with Crippen molar-refractivity contribution in [2.45, 2.75) is 20.4 Å². The summed E-state index contributed by atoms with van der Waals surface area (Å²) < 4.78 is 1.82. The molecule has 24 heavy (non-hydrogen) atoms. The minimum Gasteiger partial charge on any atom is -0.337 e. The minimum absolute atomic E-state index is 0.0190. The van der Waals surface area contributed by atoms with Gasteiger partial charge in [0, 0.05) is 30.9 Å². The lowest BCUT2D eigenvalue weighted by Crippen LogP contribution is -2.26. The maximum absolute atomic E-state index is 12.6. The second kappa shape index (κ2) is 6.71. The van der Waals surface area contributed by atoms with Crippen LogP contribution in [0.2, 0.25) is 0 Å². The van der Waals surface area contributed by atoms with E-state index < -0.39 is 0 Å². The first-order valence-electron chi connectivity index (χ1n) is 7.96. The molecule has 0 aliphatic carbocycles. The first-order chi connectivity index (χ1) is 11.5. The monoisotopic (exact) mass is 319 g/mol. The van der Waals surface area contributed by atoms with Gasteiger partial charge in [-0.05, 0) is 49.2 Å². The zero-order valence-electron chi connectivity index (χ0n) is 14.2. The molecule has 0 saturated heterocycles. The Hall–Kier alpha value is -2.88. The predicted octanol–water partition coefficient (Wildman–Crippen LogP) is 3.76. The SMILES string of the molecule is Cc1ccc(C(=O)N(C)Cc2cnn(-c3ccccc3)c2)cc1C. The third-order valence-electron chi connectivity index (χ3n) is 4.18. The Morgan fingerprint density at radius 1 is 1.08 bits per heavy atom. The molecule has 0 spiro atoms. The van der Waals surface area contributed by atoms with Crippen LogP contribution in [0.15, 0.2) is 60.9 Å². The van der Waals surface area contributed by atoms with Crippen LogP contribution in [0.5, 0.6) is 0 Å². The van der Waals surface area contributed by atoms with Crippen molar-refractivity contribution in [1.29, 1.82) is 0 Å². The van der Waals surface area contributed by atoms with E-state index in [0.29, 0.717) is 6.54 Å². The fraction of sp³-hybridized carbons (Fsp3) is 0.200. The van der Waals surface area contributed by atoms with Crippen molar-refractivity contribution in [3.8, 4) is 5.69 Å². The molecule has 0 unspecified atom stereocenters. The van der Waals surface area contributed by atoms with E-state index >= 15 is 0 Å². The van der Waals surface area contributed by atoms with E-state index in [2.05, 4.69) is 5.10 Å². The molecule has 0 aliphatic rings. The second-order valence-corrected chi connectivity index (χ2v) is 6.09. The molecule has 0 atom stereocenters. The molecule has 0 fully saturated rings. The van der Waals surface area contributed by atoms with Gasteiger partial charge >= 0.3 is 0 Å². The summed E-state index contributed by atoms with van der Waals surface area (Å²) in [7, 11) is 1.82. The molecule has 0 aliphatic heterocycles. The molecule has 1 aromatic heterocycles. The maximum Gasteiger partial charge on any atom is 0.253 e. The Morgan fingerprint density at radius 3 is 2.54 bits per heavy atom. The van der Waals surface area contributed by atoms with Gasteiger partial charge in [0.25, 0.3) is 5.91 Å². The molecule has 3 aromatic rings. The summed E-state index contributed by atoms with van der Waals surface area (Å²) in [6.45, 7) is 4.60. The van der Waals surface area contributed by atoms with E-state index in [9.17, 15) is 4.79 Å². The summed E-state index contributed by atoms with van der Waals surface area (Å²) in [5.74, 6) is 0.0190. The molecule has 0 N–H and O–H groups in total.